The Balaban J connectivity index is 3.08. The Morgan fingerprint density at radius 3 is 3.00 bits per heavy atom. The molecular formula is C5H6N2. The molecule has 36 valence electrons. The number of aromatic nitrogens is 1. The lowest BCUT2D eigenvalue weighted by Crippen LogP contribution is -1.85. The van der Waals surface area contributed by atoms with Crippen LogP contribution in [0.3, 0.4) is 0 Å². The fourth-order valence-electron chi connectivity index (χ4n) is 0.339. The smallest absolute Gasteiger partial charge is 0.123 e. The normalized spacial score (nSPS) is 10.6. The number of rotatable bonds is 0. The third-order valence-electron chi connectivity index (χ3n) is 0.631. The van der Waals surface area contributed by atoms with Crippen molar-refractivity contribution in [2.24, 2.45) is 0 Å². The standard InChI is InChI=1S/C5H6N2/c6-5-3-1-2-4-7-5/h1-4H,(H2,6,7)/i4D. The minimum absolute atomic E-state index is 0.213. The van der Waals surface area contributed by atoms with Gasteiger partial charge in [-0.3, -0.25) is 0 Å². The molecule has 0 aliphatic carbocycles. The number of hydrogen-bond acceptors (Lipinski definition) is 2. The molecule has 2 nitrogen and oxygen atoms in total. The van der Waals surface area contributed by atoms with Gasteiger partial charge in [-0.15, -0.1) is 0 Å². The summed E-state index contributed by atoms with van der Waals surface area (Å²) in [5.74, 6) is 0.400. The molecule has 0 spiro atoms. The van der Waals surface area contributed by atoms with E-state index in [0.29, 0.717) is 5.82 Å². The van der Waals surface area contributed by atoms with Crippen LogP contribution in [0.25, 0.3) is 0 Å². The van der Waals surface area contributed by atoms with Gasteiger partial charge in [0, 0.05) is 6.17 Å². The van der Waals surface area contributed by atoms with Gasteiger partial charge in [0.15, 0.2) is 0 Å². The summed E-state index contributed by atoms with van der Waals surface area (Å²) in [6.45, 7) is 0. The van der Waals surface area contributed by atoms with E-state index in [0.717, 1.165) is 0 Å². The van der Waals surface area contributed by atoms with E-state index in [-0.39, 0.29) is 6.17 Å². The molecule has 0 bridgehead atoms. The second kappa shape index (κ2) is 1.60. The topological polar surface area (TPSA) is 38.9 Å². The molecule has 0 aromatic carbocycles. The maximum Gasteiger partial charge on any atom is 0.123 e. The molecule has 2 heteroatoms. The highest BCUT2D eigenvalue weighted by Gasteiger charge is 1.73. The molecule has 0 unspecified atom stereocenters. The molecule has 0 radical (unpaired) electrons. The van der Waals surface area contributed by atoms with Crippen molar-refractivity contribution < 1.29 is 1.37 Å². The third kappa shape index (κ3) is 0.892. The van der Waals surface area contributed by atoms with Gasteiger partial charge in [0.1, 0.15) is 5.82 Å². The van der Waals surface area contributed by atoms with Crippen LogP contribution in [0.1, 0.15) is 1.37 Å². The van der Waals surface area contributed by atoms with Crippen molar-refractivity contribution in [2.75, 3.05) is 5.73 Å². The van der Waals surface area contributed by atoms with Gasteiger partial charge in [0.2, 0.25) is 0 Å². The molecule has 1 aromatic rings. The molecule has 0 saturated heterocycles. The highest BCUT2D eigenvalue weighted by atomic mass is 14.8. The Morgan fingerprint density at radius 1 is 1.71 bits per heavy atom. The summed E-state index contributed by atoms with van der Waals surface area (Å²) in [4.78, 5) is 3.62. The number of anilines is 1. The van der Waals surface area contributed by atoms with Gasteiger partial charge < -0.3 is 5.73 Å². The monoisotopic (exact) mass is 95.1 g/mol. The molecule has 1 aromatic heterocycles. The summed E-state index contributed by atoms with van der Waals surface area (Å²) in [5, 5.41) is 0. The second-order valence-electron chi connectivity index (χ2n) is 1.19. The van der Waals surface area contributed by atoms with E-state index in [1.807, 2.05) is 0 Å². The molecule has 7 heavy (non-hydrogen) atoms. The fourth-order valence-corrected chi connectivity index (χ4v) is 0.339. The SMILES string of the molecule is [2H]c1cccc(N)n1. The lowest BCUT2D eigenvalue weighted by atomic mass is 10.5. The van der Waals surface area contributed by atoms with Crippen LogP contribution in [0.4, 0.5) is 5.82 Å². The van der Waals surface area contributed by atoms with Crippen LogP contribution in [0, 0.1) is 0 Å². The summed E-state index contributed by atoms with van der Waals surface area (Å²) >= 11 is 0. The van der Waals surface area contributed by atoms with Crippen LogP contribution < -0.4 is 5.73 Å². The Labute approximate surface area is 43.4 Å². The van der Waals surface area contributed by atoms with Crippen LogP contribution in [0.2, 0.25) is 0 Å². The van der Waals surface area contributed by atoms with E-state index >= 15 is 0 Å². The van der Waals surface area contributed by atoms with E-state index in [1.165, 1.54) is 0 Å². The number of nitrogen functional groups attached to an aromatic ring is 1. The Hall–Kier alpha value is -1.05. The van der Waals surface area contributed by atoms with Crippen molar-refractivity contribution in [3.05, 3.63) is 24.4 Å². The number of nitrogens with two attached hydrogens (primary N) is 1. The van der Waals surface area contributed by atoms with Crippen molar-refractivity contribution in [1.82, 2.24) is 4.98 Å². The van der Waals surface area contributed by atoms with E-state index in [4.69, 9.17) is 7.10 Å². The zero-order chi connectivity index (χ0) is 5.98. The third-order valence-corrected chi connectivity index (χ3v) is 0.631. The van der Waals surface area contributed by atoms with Gasteiger partial charge in [-0.2, -0.15) is 0 Å². The van der Waals surface area contributed by atoms with E-state index in [9.17, 15) is 0 Å². The molecular weight excluding hydrogens is 88.1 g/mol. The molecule has 0 amide bonds. The van der Waals surface area contributed by atoms with Crippen molar-refractivity contribution in [2.45, 2.75) is 0 Å². The van der Waals surface area contributed by atoms with Crippen LogP contribution in [-0.2, 0) is 0 Å². The predicted octanol–water partition coefficient (Wildman–Crippen LogP) is 0.664. The lowest BCUT2D eigenvalue weighted by Gasteiger charge is -1.82. The molecule has 0 saturated carbocycles. The van der Waals surface area contributed by atoms with Gasteiger partial charge >= 0.3 is 0 Å². The number of hydrogen-bond donors (Lipinski definition) is 1. The first kappa shape index (κ1) is 3.02. The average molecular weight is 95.1 g/mol. The maximum atomic E-state index is 6.94. The Bertz CT molecular complexity index is 170. The van der Waals surface area contributed by atoms with Crippen molar-refractivity contribution in [1.29, 1.82) is 0 Å². The summed E-state index contributed by atoms with van der Waals surface area (Å²) in [7, 11) is 0. The second-order valence-corrected chi connectivity index (χ2v) is 1.19. The van der Waals surface area contributed by atoms with Crippen LogP contribution >= 0.6 is 0 Å². The first-order chi connectivity index (χ1) is 3.79. The number of nitrogens with zero attached hydrogens (tertiary/aromatic N) is 1. The fraction of sp³-hybridized carbons (Fsp3) is 0. The van der Waals surface area contributed by atoms with Crippen molar-refractivity contribution >= 4 is 5.82 Å². The minimum atomic E-state index is 0.213. The van der Waals surface area contributed by atoms with Gasteiger partial charge in [0.25, 0.3) is 0 Å². The van der Waals surface area contributed by atoms with E-state index in [2.05, 4.69) is 4.98 Å². The zero-order valence-corrected chi connectivity index (χ0v) is 3.76. The van der Waals surface area contributed by atoms with Gasteiger partial charge in [-0.05, 0) is 12.1 Å². The summed E-state index contributed by atoms with van der Waals surface area (Å²) in [6, 6.07) is 4.93. The zero-order valence-electron chi connectivity index (χ0n) is 4.76. The number of pyridine rings is 1. The molecule has 2 N–H and O–H groups in total. The van der Waals surface area contributed by atoms with Crippen LogP contribution in [0.5, 0.6) is 0 Å². The largest absolute Gasteiger partial charge is 0.384 e. The highest BCUT2D eigenvalue weighted by Crippen LogP contribution is 1.89. The highest BCUT2D eigenvalue weighted by molar-refractivity contribution is 5.25. The summed E-state index contributed by atoms with van der Waals surface area (Å²) in [6.07, 6.45) is 0.213. The quantitative estimate of drug-likeness (QED) is 0.514. The summed E-state index contributed by atoms with van der Waals surface area (Å²) < 4.78 is 6.94. The molecule has 0 atom stereocenters. The molecule has 0 fully saturated rings. The van der Waals surface area contributed by atoms with Crippen molar-refractivity contribution in [3.63, 3.8) is 0 Å². The van der Waals surface area contributed by atoms with E-state index in [1.54, 1.807) is 18.2 Å². The maximum absolute atomic E-state index is 6.94. The molecule has 0 aliphatic rings. The first-order valence-electron chi connectivity index (χ1n) is 2.48. The van der Waals surface area contributed by atoms with Gasteiger partial charge in [-0.1, -0.05) is 6.07 Å². The van der Waals surface area contributed by atoms with Gasteiger partial charge in [-0.25, -0.2) is 4.98 Å². The van der Waals surface area contributed by atoms with Crippen molar-refractivity contribution in [3.8, 4) is 0 Å². The predicted molar refractivity (Wildman–Crippen MR) is 28.6 cm³/mol. The molecule has 0 aliphatic heterocycles. The lowest BCUT2D eigenvalue weighted by molar-refractivity contribution is 1.34. The Kier molecular flexibility index (Phi) is 0.689. The minimum Gasteiger partial charge on any atom is -0.384 e. The average Bonchev–Trinajstić information content (AvgIpc) is 1.64. The molecule has 1 heterocycles. The van der Waals surface area contributed by atoms with Gasteiger partial charge in [0.05, 0.1) is 1.37 Å². The first-order valence-corrected chi connectivity index (χ1v) is 1.98. The van der Waals surface area contributed by atoms with Crippen LogP contribution in [0.15, 0.2) is 24.4 Å². The van der Waals surface area contributed by atoms with Crippen LogP contribution in [-0.4, -0.2) is 4.98 Å². The molecule has 1 rings (SSSR count). The summed E-state index contributed by atoms with van der Waals surface area (Å²) in [5.41, 5.74) is 5.23. The Morgan fingerprint density at radius 2 is 2.57 bits per heavy atom. The van der Waals surface area contributed by atoms with E-state index < -0.39 is 0 Å².